The minimum atomic E-state index is 0.594. The maximum atomic E-state index is 6.03. The van der Waals surface area contributed by atoms with E-state index in [2.05, 4.69) is 21.5 Å². The lowest BCUT2D eigenvalue weighted by atomic mass is 9.92. The summed E-state index contributed by atoms with van der Waals surface area (Å²) >= 11 is 6.03. The molecule has 1 aliphatic heterocycles. The Morgan fingerprint density at radius 1 is 1.25 bits per heavy atom. The van der Waals surface area contributed by atoms with Crippen LogP contribution in [0.15, 0.2) is 18.6 Å². The number of fused-ring (bicyclic) bond motifs is 1. The third-order valence-electron chi connectivity index (χ3n) is 3.15. The van der Waals surface area contributed by atoms with Gasteiger partial charge in [-0.15, -0.1) is 0 Å². The Hall–Kier alpha value is -1.13. The molecule has 0 aromatic carbocycles. The number of halogens is 1. The molecule has 5 heteroatoms. The van der Waals surface area contributed by atoms with E-state index in [1.807, 2.05) is 10.6 Å². The van der Waals surface area contributed by atoms with E-state index >= 15 is 0 Å². The number of hydrogen-bond acceptors (Lipinski definition) is 3. The fraction of sp³-hybridized carbons (Fsp3) is 0.455. The highest BCUT2D eigenvalue weighted by Crippen LogP contribution is 2.25. The van der Waals surface area contributed by atoms with E-state index in [-0.39, 0.29) is 0 Å². The summed E-state index contributed by atoms with van der Waals surface area (Å²) in [4.78, 5) is 8.44. The topological polar surface area (TPSA) is 42.2 Å². The minimum Gasteiger partial charge on any atom is -0.317 e. The van der Waals surface area contributed by atoms with E-state index in [0.717, 1.165) is 13.1 Å². The lowest BCUT2D eigenvalue weighted by Gasteiger charge is -2.22. The zero-order valence-corrected chi connectivity index (χ0v) is 9.61. The second kappa shape index (κ2) is 4.03. The van der Waals surface area contributed by atoms with Crippen LogP contribution in [0.3, 0.4) is 0 Å². The molecular weight excluding hydrogens is 224 g/mol. The van der Waals surface area contributed by atoms with Crippen molar-refractivity contribution in [3.05, 3.63) is 29.3 Å². The van der Waals surface area contributed by atoms with Crippen molar-refractivity contribution in [2.75, 3.05) is 13.1 Å². The highest BCUT2D eigenvalue weighted by molar-refractivity contribution is 6.29. The van der Waals surface area contributed by atoms with Gasteiger partial charge in [-0.05, 0) is 37.4 Å². The van der Waals surface area contributed by atoms with Crippen LogP contribution in [0.5, 0.6) is 0 Å². The predicted octanol–water partition coefficient (Wildman–Crippen LogP) is 1.85. The van der Waals surface area contributed by atoms with Gasteiger partial charge in [0.2, 0.25) is 5.78 Å². The molecule has 3 heterocycles. The molecule has 1 N–H and O–H groups in total. The van der Waals surface area contributed by atoms with E-state index in [0.29, 0.717) is 16.8 Å². The Morgan fingerprint density at radius 2 is 2.00 bits per heavy atom. The highest BCUT2D eigenvalue weighted by Gasteiger charge is 2.16. The molecule has 0 unspecified atom stereocenters. The lowest BCUT2D eigenvalue weighted by Crippen LogP contribution is -2.26. The predicted molar refractivity (Wildman–Crippen MR) is 62.8 cm³/mol. The minimum absolute atomic E-state index is 0.594. The van der Waals surface area contributed by atoms with Crippen molar-refractivity contribution in [2.24, 2.45) is 0 Å². The fourth-order valence-corrected chi connectivity index (χ4v) is 2.40. The summed E-state index contributed by atoms with van der Waals surface area (Å²) < 4.78 is 1.85. The Morgan fingerprint density at radius 3 is 2.81 bits per heavy atom. The van der Waals surface area contributed by atoms with Gasteiger partial charge in [-0.3, -0.25) is 4.40 Å². The molecule has 4 nitrogen and oxygen atoms in total. The molecule has 0 radical (unpaired) electrons. The van der Waals surface area contributed by atoms with Crippen LogP contribution in [-0.2, 0) is 0 Å². The molecule has 2 aromatic rings. The van der Waals surface area contributed by atoms with Crippen LogP contribution in [0.1, 0.15) is 24.3 Å². The van der Waals surface area contributed by atoms with Gasteiger partial charge in [-0.1, -0.05) is 11.6 Å². The Bertz CT molecular complexity index is 502. The first kappa shape index (κ1) is 10.1. The molecule has 3 rings (SSSR count). The molecule has 0 aliphatic carbocycles. The average molecular weight is 237 g/mol. The van der Waals surface area contributed by atoms with E-state index in [9.17, 15) is 0 Å². The molecule has 84 valence electrons. The van der Waals surface area contributed by atoms with Gasteiger partial charge in [-0.2, -0.15) is 0 Å². The van der Waals surface area contributed by atoms with Crippen LogP contribution in [0.25, 0.3) is 5.78 Å². The third kappa shape index (κ3) is 1.68. The number of hydrogen-bond donors (Lipinski definition) is 1. The van der Waals surface area contributed by atoms with Crippen LogP contribution in [0, 0.1) is 0 Å². The van der Waals surface area contributed by atoms with Crippen LogP contribution in [0.2, 0.25) is 5.15 Å². The van der Waals surface area contributed by atoms with Crippen molar-refractivity contribution in [2.45, 2.75) is 18.8 Å². The Balaban J connectivity index is 1.99. The Labute approximate surface area is 98.7 Å². The molecule has 0 atom stereocenters. The monoisotopic (exact) mass is 236 g/mol. The summed E-state index contributed by atoms with van der Waals surface area (Å²) in [6.45, 7) is 2.17. The van der Waals surface area contributed by atoms with Gasteiger partial charge in [0.1, 0.15) is 5.15 Å². The number of rotatable bonds is 1. The summed E-state index contributed by atoms with van der Waals surface area (Å²) in [5.74, 6) is 1.26. The van der Waals surface area contributed by atoms with Gasteiger partial charge in [0, 0.05) is 12.4 Å². The molecule has 0 spiro atoms. The maximum Gasteiger partial charge on any atom is 0.234 e. The molecule has 16 heavy (non-hydrogen) atoms. The van der Waals surface area contributed by atoms with Gasteiger partial charge >= 0.3 is 0 Å². The van der Waals surface area contributed by atoms with Crippen LogP contribution >= 0.6 is 11.6 Å². The van der Waals surface area contributed by atoms with Crippen LogP contribution in [0.4, 0.5) is 0 Å². The first-order valence-electron chi connectivity index (χ1n) is 5.54. The van der Waals surface area contributed by atoms with Crippen molar-refractivity contribution < 1.29 is 0 Å². The first-order valence-corrected chi connectivity index (χ1v) is 5.91. The average Bonchev–Trinajstić information content (AvgIpc) is 2.72. The molecule has 0 saturated carbocycles. The zero-order chi connectivity index (χ0) is 11.0. The number of nitrogens with one attached hydrogen (secondary N) is 1. The van der Waals surface area contributed by atoms with E-state index in [4.69, 9.17) is 11.6 Å². The van der Waals surface area contributed by atoms with Crippen molar-refractivity contribution in [1.82, 2.24) is 19.7 Å². The summed E-state index contributed by atoms with van der Waals surface area (Å²) in [6, 6.07) is 0. The van der Waals surface area contributed by atoms with Gasteiger partial charge in [0.15, 0.2) is 0 Å². The smallest absolute Gasteiger partial charge is 0.234 e. The summed E-state index contributed by atoms with van der Waals surface area (Å²) in [5, 5.41) is 3.99. The number of imidazole rings is 1. The number of nitrogens with zero attached hydrogens (tertiary/aromatic N) is 3. The molecule has 1 fully saturated rings. The molecule has 0 bridgehead atoms. The van der Waals surface area contributed by atoms with Crippen molar-refractivity contribution in [1.29, 1.82) is 0 Å². The fourth-order valence-electron chi connectivity index (χ4n) is 2.23. The molecule has 0 amide bonds. The van der Waals surface area contributed by atoms with Crippen molar-refractivity contribution >= 4 is 17.4 Å². The van der Waals surface area contributed by atoms with Crippen LogP contribution in [-0.4, -0.2) is 27.5 Å². The van der Waals surface area contributed by atoms with Gasteiger partial charge < -0.3 is 5.32 Å². The molecule has 1 aliphatic rings. The summed E-state index contributed by atoms with van der Waals surface area (Å²) in [5.41, 5.74) is 1.26. The van der Waals surface area contributed by atoms with E-state index in [1.54, 1.807) is 6.20 Å². The SMILES string of the molecule is Clc1cnc2ncc(C3CCNCC3)cn12. The Kier molecular flexibility index (Phi) is 2.53. The maximum absolute atomic E-state index is 6.03. The van der Waals surface area contributed by atoms with Crippen molar-refractivity contribution in [3.8, 4) is 0 Å². The van der Waals surface area contributed by atoms with E-state index in [1.165, 1.54) is 18.4 Å². The van der Waals surface area contributed by atoms with Crippen LogP contribution < -0.4 is 5.32 Å². The number of aromatic nitrogens is 3. The largest absolute Gasteiger partial charge is 0.317 e. The van der Waals surface area contributed by atoms with Gasteiger partial charge in [-0.25, -0.2) is 9.97 Å². The van der Waals surface area contributed by atoms with Crippen molar-refractivity contribution in [3.63, 3.8) is 0 Å². The normalized spacial score (nSPS) is 18.1. The second-order valence-corrected chi connectivity index (χ2v) is 4.55. The molecule has 2 aromatic heterocycles. The zero-order valence-electron chi connectivity index (χ0n) is 8.86. The van der Waals surface area contributed by atoms with Gasteiger partial charge in [0.05, 0.1) is 6.20 Å². The summed E-state index contributed by atoms with van der Waals surface area (Å²) in [7, 11) is 0. The quantitative estimate of drug-likeness (QED) is 0.822. The second-order valence-electron chi connectivity index (χ2n) is 4.16. The van der Waals surface area contributed by atoms with E-state index < -0.39 is 0 Å². The molecule has 1 saturated heterocycles. The first-order chi connectivity index (χ1) is 7.84. The highest BCUT2D eigenvalue weighted by atomic mass is 35.5. The van der Waals surface area contributed by atoms with Gasteiger partial charge in [0.25, 0.3) is 0 Å². The number of piperidine rings is 1. The lowest BCUT2D eigenvalue weighted by molar-refractivity contribution is 0.458. The standard InChI is InChI=1S/C11H13ClN4/c12-10-6-15-11-14-5-9(7-16(10)11)8-1-3-13-4-2-8/h5-8,13H,1-4H2. The molecular formula is C11H13ClN4. The summed E-state index contributed by atoms with van der Waals surface area (Å²) in [6.07, 6.45) is 7.96. The third-order valence-corrected chi connectivity index (χ3v) is 3.43.